The fourth-order valence-electron chi connectivity index (χ4n) is 2.76. The Kier molecular flexibility index (Phi) is 6.37. The molecule has 1 aromatic rings. The van der Waals surface area contributed by atoms with Gasteiger partial charge in [0.2, 0.25) is 15.9 Å². The van der Waals surface area contributed by atoms with Crippen LogP contribution in [-0.2, 0) is 19.6 Å². The number of hydrogen-bond donors (Lipinski definition) is 1. The number of rotatable bonds is 6. The summed E-state index contributed by atoms with van der Waals surface area (Å²) in [7, 11) is -1.90. The number of amides is 1. The van der Waals surface area contributed by atoms with Gasteiger partial charge < -0.3 is 9.64 Å². The van der Waals surface area contributed by atoms with Crippen LogP contribution in [0, 0.1) is 13.8 Å². The molecule has 134 valence electrons. The summed E-state index contributed by atoms with van der Waals surface area (Å²) in [6, 6.07) is 5.02. The van der Waals surface area contributed by atoms with Crippen molar-refractivity contribution in [2.75, 3.05) is 26.7 Å². The Labute approximate surface area is 144 Å². The van der Waals surface area contributed by atoms with Crippen molar-refractivity contribution in [3.05, 3.63) is 29.3 Å². The van der Waals surface area contributed by atoms with Crippen LogP contribution < -0.4 is 4.72 Å². The molecule has 1 heterocycles. The average molecular weight is 354 g/mol. The van der Waals surface area contributed by atoms with Crippen LogP contribution in [0.15, 0.2) is 23.1 Å². The third-order valence-electron chi connectivity index (χ3n) is 4.55. The van der Waals surface area contributed by atoms with Crippen molar-refractivity contribution in [2.24, 2.45) is 0 Å². The van der Waals surface area contributed by atoms with E-state index in [1.165, 1.54) is 0 Å². The van der Waals surface area contributed by atoms with E-state index < -0.39 is 10.0 Å². The lowest BCUT2D eigenvalue weighted by Gasteiger charge is -2.31. The number of piperidine rings is 1. The molecule has 0 unspecified atom stereocenters. The second-order valence-corrected chi connectivity index (χ2v) is 7.98. The van der Waals surface area contributed by atoms with Gasteiger partial charge in [-0.05, 0) is 49.9 Å². The van der Waals surface area contributed by atoms with Crippen LogP contribution in [0.2, 0.25) is 0 Å². The molecule has 0 saturated carbocycles. The molecule has 7 heteroatoms. The van der Waals surface area contributed by atoms with Gasteiger partial charge in [-0.3, -0.25) is 4.79 Å². The predicted octanol–water partition coefficient (Wildman–Crippen LogP) is 1.61. The van der Waals surface area contributed by atoms with E-state index in [-0.39, 0.29) is 29.9 Å². The van der Waals surface area contributed by atoms with Gasteiger partial charge in [0, 0.05) is 33.2 Å². The Bertz CT molecular complexity index is 680. The van der Waals surface area contributed by atoms with Crippen LogP contribution in [0.5, 0.6) is 0 Å². The monoisotopic (exact) mass is 354 g/mol. The minimum absolute atomic E-state index is 0.0210. The summed E-state index contributed by atoms with van der Waals surface area (Å²) in [6.45, 7) is 5.26. The molecular formula is C17H26N2O4S. The lowest BCUT2D eigenvalue weighted by atomic mass is 10.1. The van der Waals surface area contributed by atoms with Gasteiger partial charge in [0.25, 0.3) is 0 Å². The van der Waals surface area contributed by atoms with E-state index in [1.54, 1.807) is 30.2 Å². The maximum absolute atomic E-state index is 12.3. The molecule has 24 heavy (non-hydrogen) atoms. The first-order valence-corrected chi connectivity index (χ1v) is 9.69. The van der Waals surface area contributed by atoms with Crippen molar-refractivity contribution in [1.29, 1.82) is 0 Å². The number of carbonyl (C=O) groups excluding carboxylic acids is 1. The molecule has 1 saturated heterocycles. The fourth-order valence-corrected chi connectivity index (χ4v) is 3.87. The number of hydrogen-bond acceptors (Lipinski definition) is 4. The molecule has 0 spiro atoms. The lowest BCUT2D eigenvalue weighted by Crippen LogP contribution is -2.41. The van der Waals surface area contributed by atoms with E-state index in [0.29, 0.717) is 13.1 Å². The third kappa shape index (κ3) is 4.78. The molecule has 0 atom stereocenters. The van der Waals surface area contributed by atoms with Crippen LogP contribution >= 0.6 is 0 Å². The molecule has 1 amide bonds. The highest BCUT2D eigenvalue weighted by Gasteiger charge is 2.22. The molecule has 0 aliphatic carbocycles. The van der Waals surface area contributed by atoms with Crippen molar-refractivity contribution < 1.29 is 17.9 Å². The van der Waals surface area contributed by atoms with Gasteiger partial charge in [-0.25, -0.2) is 13.1 Å². The van der Waals surface area contributed by atoms with Gasteiger partial charge in [0.1, 0.15) is 0 Å². The van der Waals surface area contributed by atoms with Gasteiger partial charge in [0.05, 0.1) is 11.0 Å². The third-order valence-corrected chi connectivity index (χ3v) is 6.01. The molecule has 2 rings (SSSR count). The van der Waals surface area contributed by atoms with Crippen LogP contribution in [0.1, 0.15) is 30.4 Å². The highest BCUT2D eigenvalue weighted by Crippen LogP contribution is 2.15. The zero-order valence-corrected chi connectivity index (χ0v) is 15.4. The normalized spacial score (nSPS) is 16.4. The Balaban J connectivity index is 1.84. The summed E-state index contributed by atoms with van der Waals surface area (Å²) in [6.07, 6.45) is 2.05. The van der Waals surface area contributed by atoms with E-state index in [1.807, 2.05) is 13.8 Å². The minimum Gasteiger partial charge on any atom is -0.381 e. The highest BCUT2D eigenvalue weighted by atomic mass is 32.2. The molecule has 1 aliphatic rings. The summed E-state index contributed by atoms with van der Waals surface area (Å²) >= 11 is 0. The fraction of sp³-hybridized carbons (Fsp3) is 0.588. The quantitative estimate of drug-likeness (QED) is 0.842. The number of benzene rings is 1. The summed E-state index contributed by atoms with van der Waals surface area (Å²) < 4.78 is 32.4. The zero-order chi connectivity index (χ0) is 17.7. The minimum atomic E-state index is -3.58. The summed E-state index contributed by atoms with van der Waals surface area (Å²) in [5.74, 6) is -0.0210. The SMILES string of the molecule is COC1CCN(C(=O)CCNS(=O)(=O)c2ccc(C)c(C)c2)CC1. The Hall–Kier alpha value is -1.44. The van der Waals surface area contributed by atoms with Crippen LogP contribution in [0.3, 0.4) is 0 Å². The number of ether oxygens (including phenoxy) is 1. The molecule has 1 fully saturated rings. The van der Waals surface area contributed by atoms with Crippen LogP contribution in [0.4, 0.5) is 0 Å². The standard InChI is InChI=1S/C17H26N2O4S/c1-13-4-5-16(12-14(13)2)24(21,22)18-9-6-17(20)19-10-7-15(23-3)8-11-19/h4-5,12,15,18H,6-11H2,1-3H3. The predicted molar refractivity (Wildman–Crippen MR) is 92.3 cm³/mol. The number of carbonyl (C=O) groups is 1. The summed E-state index contributed by atoms with van der Waals surface area (Å²) in [5, 5.41) is 0. The Morgan fingerprint density at radius 2 is 1.92 bits per heavy atom. The van der Waals surface area contributed by atoms with Crippen molar-refractivity contribution >= 4 is 15.9 Å². The number of sulfonamides is 1. The summed E-state index contributed by atoms with van der Waals surface area (Å²) in [4.78, 5) is 14.2. The maximum Gasteiger partial charge on any atom is 0.240 e. The molecule has 1 aliphatic heterocycles. The molecule has 0 bridgehead atoms. The second kappa shape index (κ2) is 8.09. The number of nitrogens with zero attached hydrogens (tertiary/aromatic N) is 1. The van der Waals surface area contributed by atoms with Crippen molar-refractivity contribution in [1.82, 2.24) is 9.62 Å². The average Bonchev–Trinajstić information content (AvgIpc) is 2.57. The zero-order valence-electron chi connectivity index (χ0n) is 14.5. The Morgan fingerprint density at radius 1 is 1.25 bits per heavy atom. The lowest BCUT2D eigenvalue weighted by molar-refractivity contribution is -0.133. The summed E-state index contributed by atoms with van der Waals surface area (Å²) in [5.41, 5.74) is 1.97. The van der Waals surface area contributed by atoms with E-state index in [0.717, 1.165) is 24.0 Å². The van der Waals surface area contributed by atoms with Crippen molar-refractivity contribution in [3.63, 3.8) is 0 Å². The van der Waals surface area contributed by atoms with Gasteiger partial charge in [-0.1, -0.05) is 6.07 Å². The number of nitrogens with one attached hydrogen (secondary N) is 1. The van der Waals surface area contributed by atoms with E-state index in [2.05, 4.69) is 4.72 Å². The van der Waals surface area contributed by atoms with Crippen LogP contribution in [-0.4, -0.2) is 52.1 Å². The van der Waals surface area contributed by atoms with E-state index in [4.69, 9.17) is 4.74 Å². The Morgan fingerprint density at radius 3 is 2.50 bits per heavy atom. The molecule has 1 aromatic carbocycles. The largest absolute Gasteiger partial charge is 0.381 e. The molecule has 0 aromatic heterocycles. The topological polar surface area (TPSA) is 75.7 Å². The van der Waals surface area contributed by atoms with Gasteiger partial charge in [0.15, 0.2) is 0 Å². The second-order valence-electron chi connectivity index (χ2n) is 6.21. The van der Waals surface area contributed by atoms with Crippen molar-refractivity contribution in [2.45, 2.75) is 44.1 Å². The first kappa shape index (κ1) is 18.9. The molecule has 1 N–H and O–H groups in total. The first-order valence-electron chi connectivity index (χ1n) is 8.21. The number of methoxy groups -OCH3 is 1. The molecule has 0 radical (unpaired) electrons. The number of likely N-dealkylation sites (tertiary alicyclic amines) is 1. The number of aryl methyl sites for hydroxylation is 2. The maximum atomic E-state index is 12.3. The first-order chi connectivity index (χ1) is 11.3. The van der Waals surface area contributed by atoms with Crippen LogP contribution in [0.25, 0.3) is 0 Å². The molecule has 6 nitrogen and oxygen atoms in total. The highest BCUT2D eigenvalue weighted by molar-refractivity contribution is 7.89. The van der Waals surface area contributed by atoms with Gasteiger partial charge >= 0.3 is 0 Å². The smallest absolute Gasteiger partial charge is 0.240 e. The van der Waals surface area contributed by atoms with E-state index in [9.17, 15) is 13.2 Å². The van der Waals surface area contributed by atoms with Crippen molar-refractivity contribution in [3.8, 4) is 0 Å². The molecular weight excluding hydrogens is 328 g/mol. The van der Waals surface area contributed by atoms with E-state index >= 15 is 0 Å². The van der Waals surface area contributed by atoms with Gasteiger partial charge in [-0.15, -0.1) is 0 Å². The van der Waals surface area contributed by atoms with Gasteiger partial charge in [-0.2, -0.15) is 0 Å².